The maximum Gasteiger partial charge on any atom is 0.262 e. The van der Waals surface area contributed by atoms with Crippen molar-refractivity contribution < 1.29 is 14.4 Å². The summed E-state index contributed by atoms with van der Waals surface area (Å²) in [7, 11) is 0. The third-order valence-electron chi connectivity index (χ3n) is 5.74. The number of hydrogen-bond donors (Lipinski definition) is 0. The molecule has 0 aliphatic carbocycles. The molecule has 2 aliphatic rings. The van der Waals surface area contributed by atoms with Gasteiger partial charge in [0.25, 0.3) is 11.8 Å². The van der Waals surface area contributed by atoms with Crippen LogP contribution in [0.4, 0.5) is 0 Å². The van der Waals surface area contributed by atoms with Gasteiger partial charge in [-0.2, -0.15) is 5.10 Å². The van der Waals surface area contributed by atoms with Gasteiger partial charge in [0.15, 0.2) is 0 Å². The largest absolute Gasteiger partial charge is 0.331 e. The van der Waals surface area contributed by atoms with E-state index in [0.29, 0.717) is 24.2 Å². The highest BCUT2D eigenvalue weighted by Crippen LogP contribution is 2.32. The average Bonchev–Trinajstić information content (AvgIpc) is 3.48. The van der Waals surface area contributed by atoms with E-state index >= 15 is 0 Å². The van der Waals surface area contributed by atoms with E-state index in [1.165, 1.54) is 0 Å². The van der Waals surface area contributed by atoms with Crippen LogP contribution in [0.5, 0.6) is 0 Å². The van der Waals surface area contributed by atoms with Gasteiger partial charge in [-0.15, -0.1) is 0 Å². The van der Waals surface area contributed by atoms with Gasteiger partial charge in [0.2, 0.25) is 5.91 Å². The van der Waals surface area contributed by atoms with Crippen LogP contribution in [-0.4, -0.2) is 48.4 Å². The van der Waals surface area contributed by atoms with Crippen molar-refractivity contribution in [3.8, 4) is 5.82 Å². The number of rotatable bonds is 3. The molecule has 0 spiro atoms. The molecule has 3 amide bonds. The third-order valence-corrected chi connectivity index (χ3v) is 5.74. The van der Waals surface area contributed by atoms with Gasteiger partial charge < -0.3 is 9.47 Å². The van der Waals surface area contributed by atoms with Crippen molar-refractivity contribution in [1.82, 2.24) is 24.1 Å². The molecule has 5 rings (SSSR count). The molecule has 4 heterocycles. The molecule has 1 aromatic carbocycles. The lowest BCUT2D eigenvalue weighted by molar-refractivity contribution is -0.132. The number of fused-ring (bicyclic) bond motifs is 2. The van der Waals surface area contributed by atoms with Gasteiger partial charge in [-0.25, -0.2) is 4.68 Å². The molecule has 0 bridgehead atoms. The normalized spacial score (nSPS) is 15.6. The molecule has 0 unspecified atom stereocenters. The van der Waals surface area contributed by atoms with Crippen molar-refractivity contribution in [3.05, 3.63) is 71.2 Å². The molecule has 2 aromatic heterocycles. The fraction of sp³-hybridized carbons (Fsp3) is 0.304. The van der Waals surface area contributed by atoms with Crippen LogP contribution in [0.3, 0.4) is 0 Å². The van der Waals surface area contributed by atoms with Crippen molar-refractivity contribution in [3.63, 3.8) is 0 Å². The van der Waals surface area contributed by atoms with Crippen molar-refractivity contribution in [2.45, 2.75) is 39.4 Å². The number of carbonyl (C=O) groups excluding carboxylic acids is 3. The Morgan fingerprint density at radius 3 is 2.16 bits per heavy atom. The molecule has 0 fully saturated rings. The molecule has 0 saturated carbocycles. The van der Waals surface area contributed by atoms with Crippen molar-refractivity contribution in [2.24, 2.45) is 0 Å². The quantitative estimate of drug-likeness (QED) is 0.614. The zero-order chi connectivity index (χ0) is 21.9. The Balaban J connectivity index is 1.39. The molecule has 158 valence electrons. The Kier molecular flexibility index (Phi) is 4.15. The third kappa shape index (κ3) is 2.98. The predicted molar refractivity (Wildman–Crippen MR) is 113 cm³/mol. The van der Waals surface area contributed by atoms with Crippen LogP contribution in [0.15, 0.2) is 48.8 Å². The monoisotopic (exact) mass is 417 g/mol. The second-order valence-electron chi connectivity index (χ2n) is 8.91. The van der Waals surface area contributed by atoms with E-state index in [0.717, 1.165) is 22.0 Å². The van der Waals surface area contributed by atoms with E-state index in [4.69, 9.17) is 5.10 Å². The van der Waals surface area contributed by atoms with Gasteiger partial charge in [-0.1, -0.05) is 12.1 Å². The molecule has 3 aromatic rings. The lowest BCUT2D eigenvalue weighted by Crippen LogP contribution is -2.41. The zero-order valence-electron chi connectivity index (χ0n) is 17.7. The van der Waals surface area contributed by atoms with Gasteiger partial charge in [0, 0.05) is 18.0 Å². The zero-order valence-corrected chi connectivity index (χ0v) is 17.7. The number of carbonyl (C=O) groups is 3. The Morgan fingerprint density at radius 1 is 0.968 bits per heavy atom. The minimum absolute atomic E-state index is 0.223. The SMILES string of the molecule is CC(C)(C)n1nc2c(c1-n1cccc1)CN(C(=O)CN1C(=O)c3ccccc3C1=O)C2. The summed E-state index contributed by atoms with van der Waals surface area (Å²) in [6, 6.07) is 10.6. The van der Waals surface area contributed by atoms with Crippen LogP contribution in [0.25, 0.3) is 5.82 Å². The molecular weight excluding hydrogens is 394 g/mol. The van der Waals surface area contributed by atoms with Gasteiger partial charge in [-0.3, -0.25) is 19.3 Å². The Labute approximate surface area is 179 Å². The summed E-state index contributed by atoms with van der Waals surface area (Å²) in [6.45, 7) is 6.75. The highest BCUT2D eigenvalue weighted by Gasteiger charge is 2.39. The second-order valence-corrected chi connectivity index (χ2v) is 8.91. The maximum absolute atomic E-state index is 13.0. The highest BCUT2D eigenvalue weighted by atomic mass is 16.2. The molecule has 0 radical (unpaired) electrons. The summed E-state index contributed by atoms with van der Waals surface area (Å²) >= 11 is 0. The lowest BCUT2D eigenvalue weighted by atomic mass is 10.1. The van der Waals surface area contributed by atoms with E-state index < -0.39 is 11.8 Å². The maximum atomic E-state index is 13.0. The van der Waals surface area contributed by atoms with E-state index in [2.05, 4.69) is 20.8 Å². The Bertz CT molecular complexity index is 1180. The van der Waals surface area contributed by atoms with E-state index in [-0.39, 0.29) is 18.0 Å². The first-order valence-corrected chi connectivity index (χ1v) is 10.2. The number of aromatic nitrogens is 3. The Hall–Kier alpha value is -3.68. The standard InChI is InChI=1S/C23H23N5O3/c1-23(2,3)28-20(25-10-6-7-11-25)17-12-26(13-18(17)24-28)19(29)14-27-21(30)15-8-4-5-9-16(15)22(27)31/h4-11H,12-14H2,1-3H3. The molecular formula is C23H23N5O3. The summed E-state index contributed by atoms with van der Waals surface area (Å²) in [4.78, 5) is 40.9. The smallest absolute Gasteiger partial charge is 0.262 e. The fourth-order valence-corrected chi connectivity index (χ4v) is 4.20. The van der Waals surface area contributed by atoms with Crippen LogP contribution in [0, 0.1) is 0 Å². The minimum atomic E-state index is -0.420. The summed E-state index contributed by atoms with van der Waals surface area (Å²) in [5.74, 6) is -0.175. The molecule has 8 nitrogen and oxygen atoms in total. The number of imide groups is 1. The molecule has 0 N–H and O–H groups in total. The highest BCUT2D eigenvalue weighted by molar-refractivity contribution is 6.22. The topological polar surface area (TPSA) is 80.4 Å². The van der Waals surface area contributed by atoms with Crippen molar-refractivity contribution in [2.75, 3.05) is 6.54 Å². The summed E-state index contributed by atoms with van der Waals surface area (Å²) in [6.07, 6.45) is 3.92. The molecule has 0 saturated heterocycles. The van der Waals surface area contributed by atoms with Crippen molar-refractivity contribution in [1.29, 1.82) is 0 Å². The summed E-state index contributed by atoms with van der Waals surface area (Å²) in [5.41, 5.74) is 2.30. The van der Waals surface area contributed by atoms with Crippen LogP contribution >= 0.6 is 0 Å². The number of hydrogen-bond acceptors (Lipinski definition) is 4. The molecule has 8 heteroatoms. The molecule has 31 heavy (non-hydrogen) atoms. The van der Waals surface area contributed by atoms with Crippen LogP contribution in [0.2, 0.25) is 0 Å². The first-order valence-electron chi connectivity index (χ1n) is 10.2. The van der Waals surface area contributed by atoms with Gasteiger partial charge >= 0.3 is 0 Å². The second kappa shape index (κ2) is 6.66. The van der Waals surface area contributed by atoms with Crippen LogP contribution in [0.1, 0.15) is 52.7 Å². The molecule has 0 atom stereocenters. The Morgan fingerprint density at radius 2 is 1.58 bits per heavy atom. The first kappa shape index (κ1) is 19.3. The van der Waals surface area contributed by atoms with Gasteiger partial charge in [-0.05, 0) is 45.0 Å². The number of amides is 3. The molecule has 2 aliphatic heterocycles. The van der Waals surface area contributed by atoms with Crippen LogP contribution < -0.4 is 0 Å². The predicted octanol–water partition coefficient (Wildman–Crippen LogP) is 2.57. The fourth-order valence-electron chi connectivity index (χ4n) is 4.20. The minimum Gasteiger partial charge on any atom is -0.331 e. The summed E-state index contributed by atoms with van der Waals surface area (Å²) < 4.78 is 4.00. The van der Waals surface area contributed by atoms with E-state index in [1.807, 2.05) is 33.8 Å². The summed E-state index contributed by atoms with van der Waals surface area (Å²) in [5, 5.41) is 4.80. The lowest BCUT2D eigenvalue weighted by Gasteiger charge is -2.25. The number of benzene rings is 1. The van der Waals surface area contributed by atoms with Crippen molar-refractivity contribution >= 4 is 17.7 Å². The van der Waals surface area contributed by atoms with Crippen LogP contribution in [-0.2, 0) is 23.4 Å². The first-order chi connectivity index (χ1) is 14.8. The van der Waals surface area contributed by atoms with Gasteiger partial charge in [0.1, 0.15) is 12.4 Å². The van der Waals surface area contributed by atoms with E-state index in [1.54, 1.807) is 29.2 Å². The number of nitrogens with zero attached hydrogens (tertiary/aromatic N) is 5. The van der Waals surface area contributed by atoms with Gasteiger partial charge in [0.05, 0.1) is 35.4 Å². The average molecular weight is 417 g/mol. The van der Waals surface area contributed by atoms with E-state index in [9.17, 15) is 14.4 Å².